The highest BCUT2D eigenvalue weighted by atomic mass is 32.1. The zero-order valence-electron chi connectivity index (χ0n) is 15.6. The topological polar surface area (TPSA) is 56.1 Å². The Hall–Kier alpha value is -3.12. The molecule has 2 heterocycles. The first-order valence-electron chi connectivity index (χ1n) is 9.13. The molecule has 142 valence electrons. The number of amides is 1. The predicted octanol–water partition coefficient (Wildman–Crippen LogP) is 4.13. The molecule has 0 spiro atoms. The van der Waals surface area contributed by atoms with Gasteiger partial charge in [0.05, 0.1) is 23.0 Å². The second-order valence-corrected chi connectivity index (χ2v) is 7.38. The average molecular weight is 391 g/mol. The maximum Gasteiger partial charge on any atom is 0.261 e. The fraction of sp³-hybridized carbons (Fsp3) is 0.182. The Morgan fingerprint density at radius 3 is 2.68 bits per heavy atom. The Balaban J connectivity index is 1.53. The smallest absolute Gasteiger partial charge is 0.261 e. The van der Waals surface area contributed by atoms with Crippen LogP contribution in [0.2, 0.25) is 0 Å². The molecule has 0 unspecified atom stereocenters. The van der Waals surface area contributed by atoms with E-state index < -0.39 is 0 Å². The molecule has 28 heavy (non-hydrogen) atoms. The van der Waals surface area contributed by atoms with Crippen LogP contribution >= 0.6 is 11.3 Å². The highest BCUT2D eigenvalue weighted by Gasteiger charge is 2.12. The average Bonchev–Trinajstić information content (AvgIpc) is 3.38. The number of carbonyl (C=O) groups is 1. The minimum Gasteiger partial charge on any atom is -0.497 e. The lowest BCUT2D eigenvalue weighted by atomic mass is 10.2. The van der Waals surface area contributed by atoms with E-state index in [0.717, 1.165) is 34.0 Å². The second kappa shape index (κ2) is 8.27. The zero-order valence-corrected chi connectivity index (χ0v) is 16.4. The highest BCUT2D eigenvalue weighted by molar-refractivity contribution is 7.12. The number of hydrogen-bond donors (Lipinski definition) is 1. The van der Waals surface area contributed by atoms with Gasteiger partial charge in [-0.15, -0.1) is 11.3 Å². The standard InChI is InChI=1S/C22H21N3O2S/c1-27-17-10-8-16(9-11-17)15-25-19-6-3-2-5-18(19)24-21(25)12-13-23-22(26)20-7-4-14-28-20/h2-11,14H,12-13,15H2,1H3,(H,23,26). The van der Waals surface area contributed by atoms with Gasteiger partial charge in [-0.05, 0) is 41.3 Å². The maximum atomic E-state index is 12.2. The minimum atomic E-state index is -0.0344. The van der Waals surface area contributed by atoms with Crippen LogP contribution in [0.3, 0.4) is 0 Å². The van der Waals surface area contributed by atoms with Crippen LogP contribution in [0.15, 0.2) is 66.0 Å². The molecule has 4 rings (SSSR count). The fourth-order valence-electron chi connectivity index (χ4n) is 3.19. The number of nitrogens with one attached hydrogen (secondary N) is 1. The summed E-state index contributed by atoms with van der Waals surface area (Å²) in [6.07, 6.45) is 0.669. The van der Waals surface area contributed by atoms with E-state index in [2.05, 4.69) is 28.1 Å². The molecule has 1 amide bonds. The number of nitrogens with zero attached hydrogens (tertiary/aromatic N) is 2. The third-order valence-electron chi connectivity index (χ3n) is 4.61. The third kappa shape index (κ3) is 3.92. The second-order valence-electron chi connectivity index (χ2n) is 6.43. The van der Waals surface area contributed by atoms with E-state index in [1.807, 2.05) is 47.8 Å². The van der Waals surface area contributed by atoms with Crippen molar-refractivity contribution in [3.63, 3.8) is 0 Å². The van der Waals surface area contributed by atoms with E-state index in [1.165, 1.54) is 16.9 Å². The summed E-state index contributed by atoms with van der Waals surface area (Å²) in [6.45, 7) is 1.27. The zero-order chi connectivity index (χ0) is 19.3. The van der Waals surface area contributed by atoms with Gasteiger partial charge in [-0.1, -0.05) is 30.3 Å². The van der Waals surface area contributed by atoms with Crippen molar-refractivity contribution in [1.82, 2.24) is 14.9 Å². The molecule has 4 aromatic rings. The molecule has 5 nitrogen and oxygen atoms in total. The summed E-state index contributed by atoms with van der Waals surface area (Å²) >= 11 is 1.45. The molecule has 2 aromatic heterocycles. The summed E-state index contributed by atoms with van der Waals surface area (Å²) in [6, 6.07) is 19.9. The number of thiophene rings is 1. The molecule has 0 saturated carbocycles. The van der Waals surface area contributed by atoms with Crippen molar-refractivity contribution in [3.8, 4) is 5.75 Å². The van der Waals surface area contributed by atoms with Crippen molar-refractivity contribution in [2.75, 3.05) is 13.7 Å². The number of ether oxygens (including phenoxy) is 1. The number of fused-ring (bicyclic) bond motifs is 1. The van der Waals surface area contributed by atoms with Crippen molar-refractivity contribution >= 4 is 28.3 Å². The van der Waals surface area contributed by atoms with Gasteiger partial charge in [0.25, 0.3) is 5.91 Å². The van der Waals surface area contributed by atoms with Gasteiger partial charge in [-0.3, -0.25) is 4.79 Å². The number of carbonyl (C=O) groups excluding carboxylic acids is 1. The molecule has 2 aromatic carbocycles. The Kier molecular flexibility index (Phi) is 5.39. The number of aromatic nitrogens is 2. The van der Waals surface area contributed by atoms with Crippen LogP contribution < -0.4 is 10.1 Å². The molecular weight excluding hydrogens is 370 g/mol. The van der Waals surface area contributed by atoms with E-state index in [0.29, 0.717) is 13.0 Å². The third-order valence-corrected chi connectivity index (χ3v) is 5.48. The van der Waals surface area contributed by atoms with Gasteiger partial charge in [0.1, 0.15) is 11.6 Å². The van der Waals surface area contributed by atoms with Crippen LogP contribution in [0.25, 0.3) is 11.0 Å². The van der Waals surface area contributed by atoms with Crippen LogP contribution in [0.5, 0.6) is 5.75 Å². The van der Waals surface area contributed by atoms with E-state index in [1.54, 1.807) is 7.11 Å². The predicted molar refractivity (Wildman–Crippen MR) is 112 cm³/mol. The first-order valence-corrected chi connectivity index (χ1v) is 10.0. The van der Waals surface area contributed by atoms with Crippen molar-refractivity contribution in [1.29, 1.82) is 0 Å². The number of para-hydroxylation sites is 2. The monoisotopic (exact) mass is 391 g/mol. The fourth-order valence-corrected chi connectivity index (χ4v) is 3.83. The van der Waals surface area contributed by atoms with Crippen LogP contribution in [-0.4, -0.2) is 29.1 Å². The van der Waals surface area contributed by atoms with E-state index in [9.17, 15) is 4.79 Å². The van der Waals surface area contributed by atoms with Crippen LogP contribution in [-0.2, 0) is 13.0 Å². The van der Waals surface area contributed by atoms with Crippen LogP contribution in [0.1, 0.15) is 21.1 Å². The molecule has 0 radical (unpaired) electrons. The van der Waals surface area contributed by atoms with Crippen molar-refractivity contribution < 1.29 is 9.53 Å². The molecule has 0 bridgehead atoms. The number of benzene rings is 2. The van der Waals surface area contributed by atoms with Crippen molar-refractivity contribution in [2.45, 2.75) is 13.0 Å². The van der Waals surface area contributed by atoms with E-state index >= 15 is 0 Å². The lowest BCUT2D eigenvalue weighted by Gasteiger charge is -2.11. The molecule has 0 aliphatic heterocycles. The quantitative estimate of drug-likeness (QED) is 0.515. The minimum absolute atomic E-state index is 0.0344. The molecule has 0 aliphatic carbocycles. The van der Waals surface area contributed by atoms with E-state index in [-0.39, 0.29) is 5.91 Å². The van der Waals surface area contributed by atoms with Gasteiger partial charge >= 0.3 is 0 Å². The van der Waals surface area contributed by atoms with Gasteiger partial charge in [-0.2, -0.15) is 0 Å². The summed E-state index contributed by atoms with van der Waals surface area (Å²) in [7, 11) is 1.67. The molecule has 0 saturated heterocycles. The molecular formula is C22H21N3O2S. The molecule has 0 aliphatic rings. The summed E-state index contributed by atoms with van der Waals surface area (Å²) in [5.74, 6) is 1.77. The van der Waals surface area contributed by atoms with Gasteiger partial charge < -0.3 is 14.6 Å². The number of hydrogen-bond acceptors (Lipinski definition) is 4. The maximum absolute atomic E-state index is 12.2. The largest absolute Gasteiger partial charge is 0.497 e. The van der Waals surface area contributed by atoms with E-state index in [4.69, 9.17) is 9.72 Å². The number of rotatable bonds is 7. The molecule has 6 heteroatoms. The Bertz CT molecular complexity index is 1070. The normalized spacial score (nSPS) is 10.9. The van der Waals surface area contributed by atoms with Gasteiger partial charge in [0.15, 0.2) is 0 Å². The highest BCUT2D eigenvalue weighted by Crippen LogP contribution is 2.20. The summed E-state index contributed by atoms with van der Waals surface area (Å²) in [4.78, 5) is 17.7. The molecule has 0 atom stereocenters. The molecule has 0 fully saturated rings. The SMILES string of the molecule is COc1ccc(Cn2c(CCNC(=O)c3cccs3)nc3ccccc32)cc1. The van der Waals surface area contributed by atoms with Crippen LogP contribution in [0, 0.1) is 0 Å². The Labute approximate surface area is 167 Å². The number of methoxy groups -OCH3 is 1. The lowest BCUT2D eigenvalue weighted by Crippen LogP contribution is -2.25. The number of imidazole rings is 1. The van der Waals surface area contributed by atoms with Crippen molar-refractivity contribution in [3.05, 3.63) is 82.3 Å². The van der Waals surface area contributed by atoms with Gasteiger partial charge in [-0.25, -0.2) is 4.98 Å². The summed E-state index contributed by atoms with van der Waals surface area (Å²) in [5.41, 5.74) is 3.24. The Morgan fingerprint density at radius 2 is 1.93 bits per heavy atom. The molecule has 1 N–H and O–H groups in total. The summed E-state index contributed by atoms with van der Waals surface area (Å²) < 4.78 is 7.46. The van der Waals surface area contributed by atoms with Gasteiger partial charge in [0, 0.05) is 19.5 Å². The first kappa shape index (κ1) is 18.3. The van der Waals surface area contributed by atoms with Crippen molar-refractivity contribution in [2.24, 2.45) is 0 Å². The Morgan fingerprint density at radius 1 is 1.11 bits per heavy atom. The van der Waals surface area contributed by atoms with Crippen LogP contribution in [0.4, 0.5) is 0 Å². The lowest BCUT2D eigenvalue weighted by molar-refractivity contribution is 0.0958. The first-order chi connectivity index (χ1) is 13.7. The van der Waals surface area contributed by atoms with Gasteiger partial charge in [0.2, 0.25) is 0 Å². The summed E-state index contributed by atoms with van der Waals surface area (Å²) in [5, 5.41) is 4.89.